The summed E-state index contributed by atoms with van der Waals surface area (Å²) in [6.07, 6.45) is -5.52. The molecule has 5 N–H and O–H groups in total. The zero-order valence-corrected chi connectivity index (χ0v) is 12.6. The van der Waals surface area contributed by atoms with Gasteiger partial charge in [0.2, 0.25) is 5.75 Å². The lowest BCUT2D eigenvalue weighted by molar-refractivity contribution is -0.276. The van der Waals surface area contributed by atoms with Crippen LogP contribution in [-0.4, -0.2) is 33.5 Å². The Morgan fingerprint density at radius 2 is 1.63 bits per heavy atom. The second-order valence-electron chi connectivity index (χ2n) is 4.89. The minimum atomic E-state index is -5.52. The van der Waals surface area contributed by atoms with Gasteiger partial charge in [-0.15, -0.1) is 13.2 Å². The Balaban J connectivity index is 2.98. The third kappa shape index (κ3) is 3.65. The van der Waals surface area contributed by atoms with Gasteiger partial charge in [0.15, 0.2) is 11.6 Å². The molecule has 2 aromatic rings. The van der Waals surface area contributed by atoms with Crippen molar-refractivity contribution < 1.29 is 46.5 Å². The number of alkyl halides is 3. The lowest BCUT2D eigenvalue weighted by Gasteiger charge is -2.16. The molecule has 0 saturated carbocycles. The van der Waals surface area contributed by atoms with Crippen molar-refractivity contribution in [2.24, 2.45) is 0 Å². The Labute approximate surface area is 144 Å². The molecule has 0 radical (unpaired) electrons. The van der Waals surface area contributed by atoms with Gasteiger partial charge in [-0.3, -0.25) is 4.79 Å². The van der Waals surface area contributed by atoms with Crippen LogP contribution in [0.5, 0.6) is 5.75 Å². The first kappa shape index (κ1) is 19.7. The molecule has 144 valence electrons. The number of hydrogen-bond donors (Lipinski definition) is 4. The number of ether oxygens (including phenoxy) is 1. The highest BCUT2D eigenvalue weighted by Crippen LogP contribution is 2.37. The van der Waals surface area contributed by atoms with Crippen LogP contribution in [0.1, 0.15) is 20.7 Å². The van der Waals surface area contributed by atoms with Crippen molar-refractivity contribution in [3.63, 3.8) is 0 Å². The van der Waals surface area contributed by atoms with Gasteiger partial charge in [0.25, 0.3) is 5.56 Å². The number of hydrogen-bond acceptors (Lipinski definition) is 5. The molecule has 27 heavy (non-hydrogen) atoms. The molecule has 0 bridgehead atoms. The fraction of sp³-hybridized carbons (Fsp3) is 0.0714. The summed E-state index contributed by atoms with van der Waals surface area (Å²) in [5.74, 6) is -10.7. The lowest BCUT2D eigenvalue weighted by atomic mass is 9.94. The van der Waals surface area contributed by atoms with Gasteiger partial charge in [-0.05, 0) is 12.1 Å². The van der Waals surface area contributed by atoms with Crippen LogP contribution in [0.3, 0.4) is 0 Å². The predicted molar refractivity (Wildman–Crippen MR) is 77.4 cm³/mol. The van der Waals surface area contributed by atoms with Crippen LogP contribution < -0.4 is 16.0 Å². The molecule has 1 aromatic heterocycles. The van der Waals surface area contributed by atoms with E-state index in [1.54, 1.807) is 4.98 Å². The van der Waals surface area contributed by atoms with Crippen LogP contribution in [0, 0.1) is 11.6 Å². The average molecular weight is 394 g/mol. The molecule has 13 heteroatoms. The molecule has 1 heterocycles. The molecule has 0 aliphatic rings. The number of carboxylic acid groups (broad SMARTS) is 2. The first-order valence-corrected chi connectivity index (χ1v) is 6.61. The molecule has 8 nitrogen and oxygen atoms in total. The van der Waals surface area contributed by atoms with Crippen LogP contribution in [0.2, 0.25) is 0 Å². The van der Waals surface area contributed by atoms with Crippen molar-refractivity contribution in [3.8, 4) is 16.9 Å². The van der Waals surface area contributed by atoms with Crippen molar-refractivity contribution in [2.75, 3.05) is 5.73 Å². The topological polar surface area (TPSA) is 143 Å². The zero-order chi connectivity index (χ0) is 20.7. The maximum absolute atomic E-state index is 14.5. The summed E-state index contributed by atoms with van der Waals surface area (Å²) in [5, 5.41) is 18.3. The standard InChI is InChI=1S/C14H7F5N2O6/c15-4-2-1-3(8(16)9(4)27-14(17,18)19)5-6(12(23)24)10(20)21-11(22)7(5)13(25)26/h1-2H,(H,23,24)(H,25,26)(H3,20,21,22). The van der Waals surface area contributed by atoms with Crippen molar-refractivity contribution in [2.45, 2.75) is 6.36 Å². The Bertz CT molecular complexity index is 1010. The second kappa shape index (κ2) is 6.59. The number of aromatic amines is 1. The Morgan fingerprint density at radius 1 is 1.07 bits per heavy atom. The minimum Gasteiger partial charge on any atom is -0.478 e. The summed E-state index contributed by atoms with van der Waals surface area (Å²) in [5.41, 5.74) is -0.890. The van der Waals surface area contributed by atoms with E-state index >= 15 is 0 Å². The first-order valence-electron chi connectivity index (χ1n) is 6.61. The number of carboxylic acids is 2. The van der Waals surface area contributed by atoms with Crippen molar-refractivity contribution in [1.82, 2.24) is 4.98 Å². The fourth-order valence-electron chi connectivity index (χ4n) is 2.25. The van der Waals surface area contributed by atoms with Crippen molar-refractivity contribution in [1.29, 1.82) is 0 Å². The fourth-order valence-corrected chi connectivity index (χ4v) is 2.25. The van der Waals surface area contributed by atoms with E-state index in [1.807, 2.05) is 0 Å². The number of H-pyrrole nitrogens is 1. The first-order chi connectivity index (χ1) is 12.3. The third-order valence-corrected chi connectivity index (χ3v) is 3.21. The van der Waals surface area contributed by atoms with E-state index in [0.29, 0.717) is 6.07 Å². The number of carbonyl (C=O) groups is 2. The summed E-state index contributed by atoms with van der Waals surface area (Å²) in [6, 6.07) is 0.717. The second-order valence-corrected chi connectivity index (χ2v) is 4.89. The quantitative estimate of drug-likeness (QED) is 0.582. The molecular formula is C14H7F5N2O6. The van der Waals surface area contributed by atoms with Crippen molar-refractivity contribution in [3.05, 3.63) is 45.2 Å². The molecule has 0 fully saturated rings. The molecule has 0 unspecified atom stereocenters. The summed E-state index contributed by atoms with van der Waals surface area (Å²) in [7, 11) is 0. The van der Waals surface area contributed by atoms with Gasteiger partial charge in [0, 0.05) is 11.1 Å². The zero-order valence-electron chi connectivity index (χ0n) is 12.6. The molecule has 0 aliphatic heterocycles. The highest BCUT2D eigenvalue weighted by Gasteiger charge is 2.36. The van der Waals surface area contributed by atoms with E-state index in [9.17, 15) is 41.4 Å². The number of nitrogens with two attached hydrogens (primary N) is 1. The monoisotopic (exact) mass is 394 g/mol. The summed E-state index contributed by atoms with van der Waals surface area (Å²) in [4.78, 5) is 36.3. The molecule has 0 aliphatic carbocycles. The predicted octanol–water partition coefficient (Wildman–Crippen LogP) is 2.20. The maximum Gasteiger partial charge on any atom is 0.573 e. The third-order valence-electron chi connectivity index (χ3n) is 3.21. The van der Waals surface area contributed by atoms with Gasteiger partial charge in [0.05, 0.1) is 0 Å². The Kier molecular flexibility index (Phi) is 4.80. The number of nitrogens with one attached hydrogen (secondary N) is 1. The Morgan fingerprint density at radius 3 is 2.11 bits per heavy atom. The van der Waals surface area contributed by atoms with E-state index in [0.717, 1.165) is 0 Å². The summed E-state index contributed by atoms with van der Waals surface area (Å²) < 4.78 is 68.4. The number of aromatic nitrogens is 1. The van der Waals surface area contributed by atoms with Crippen LogP contribution in [0.25, 0.3) is 11.1 Å². The van der Waals surface area contributed by atoms with E-state index in [1.165, 1.54) is 0 Å². The maximum atomic E-state index is 14.5. The molecule has 0 saturated heterocycles. The summed E-state index contributed by atoms with van der Waals surface area (Å²) >= 11 is 0. The van der Waals surface area contributed by atoms with Crippen LogP contribution >= 0.6 is 0 Å². The number of rotatable bonds is 4. The number of anilines is 1. The largest absolute Gasteiger partial charge is 0.573 e. The van der Waals surface area contributed by atoms with Crippen molar-refractivity contribution >= 4 is 17.8 Å². The molecule has 1 aromatic carbocycles. The van der Waals surface area contributed by atoms with Gasteiger partial charge in [0.1, 0.15) is 16.9 Å². The number of nitrogen functional groups attached to an aromatic ring is 1. The van der Waals surface area contributed by atoms with Gasteiger partial charge in [-0.25, -0.2) is 18.4 Å². The van der Waals surface area contributed by atoms with Crippen LogP contribution in [0.4, 0.5) is 27.8 Å². The van der Waals surface area contributed by atoms with Gasteiger partial charge >= 0.3 is 18.3 Å². The SMILES string of the molecule is Nc1[nH]c(=O)c(C(=O)O)c(-c2ccc(F)c(OC(F)(F)F)c2F)c1C(=O)O. The number of aromatic carboxylic acids is 2. The van der Waals surface area contributed by atoms with E-state index in [2.05, 4.69) is 4.74 Å². The average Bonchev–Trinajstić information content (AvgIpc) is 2.49. The van der Waals surface area contributed by atoms with Crippen LogP contribution in [0.15, 0.2) is 16.9 Å². The smallest absolute Gasteiger partial charge is 0.478 e. The molecule has 0 atom stereocenters. The highest BCUT2D eigenvalue weighted by molar-refractivity contribution is 6.07. The van der Waals surface area contributed by atoms with E-state index < -0.39 is 69.3 Å². The Hall–Kier alpha value is -3.64. The summed E-state index contributed by atoms with van der Waals surface area (Å²) in [6.45, 7) is 0. The number of pyridine rings is 1. The number of halogens is 5. The molecule has 0 amide bonds. The lowest BCUT2D eigenvalue weighted by Crippen LogP contribution is -2.25. The van der Waals surface area contributed by atoms with Gasteiger partial charge in [-0.1, -0.05) is 0 Å². The normalized spacial score (nSPS) is 11.3. The molecular weight excluding hydrogens is 387 g/mol. The number of benzene rings is 1. The van der Waals surface area contributed by atoms with E-state index in [4.69, 9.17) is 10.8 Å². The molecule has 2 rings (SSSR count). The van der Waals surface area contributed by atoms with Crippen LogP contribution in [-0.2, 0) is 0 Å². The highest BCUT2D eigenvalue weighted by atomic mass is 19.4. The van der Waals surface area contributed by atoms with Gasteiger partial charge < -0.3 is 25.7 Å². The minimum absolute atomic E-state index is 0.272. The van der Waals surface area contributed by atoms with Gasteiger partial charge in [-0.2, -0.15) is 0 Å². The molecule has 0 spiro atoms. The van der Waals surface area contributed by atoms with E-state index in [-0.39, 0.29) is 6.07 Å².